The fourth-order valence-electron chi connectivity index (χ4n) is 3.58. The molecule has 2 aromatic carbocycles. The van der Waals surface area contributed by atoms with Gasteiger partial charge in [-0.25, -0.2) is 9.37 Å². The Morgan fingerprint density at radius 3 is 2.61 bits per heavy atom. The Labute approximate surface area is 167 Å². The van der Waals surface area contributed by atoms with Gasteiger partial charge in [-0.3, -0.25) is 4.79 Å². The predicted molar refractivity (Wildman–Crippen MR) is 108 cm³/mol. The molecule has 144 valence electrons. The summed E-state index contributed by atoms with van der Waals surface area (Å²) in [5, 5.41) is 13.2. The zero-order chi connectivity index (χ0) is 19.6. The lowest BCUT2D eigenvalue weighted by molar-refractivity contribution is -0.0162. The van der Waals surface area contributed by atoms with Crippen molar-refractivity contribution in [3.05, 3.63) is 76.4 Å². The van der Waals surface area contributed by atoms with E-state index in [4.69, 9.17) is 0 Å². The molecule has 4 nitrogen and oxygen atoms in total. The Balaban J connectivity index is 1.39. The molecule has 0 spiro atoms. The Morgan fingerprint density at radius 1 is 1.14 bits per heavy atom. The van der Waals surface area contributed by atoms with Crippen molar-refractivity contribution in [3.63, 3.8) is 0 Å². The van der Waals surface area contributed by atoms with Gasteiger partial charge < -0.3 is 10.0 Å². The number of amides is 1. The van der Waals surface area contributed by atoms with Gasteiger partial charge in [0.1, 0.15) is 5.82 Å². The van der Waals surface area contributed by atoms with E-state index in [1.54, 1.807) is 11.0 Å². The average molecular weight is 396 g/mol. The number of piperidine rings is 1. The van der Waals surface area contributed by atoms with Crippen LogP contribution in [-0.2, 0) is 6.42 Å². The summed E-state index contributed by atoms with van der Waals surface area (Å²) in [6, 6.07) is 16.1. The molecule has 0 atom stereocenters. The highest BCUT2D eigenvalue weighted by Crippen LogP contribution is 2.29. The van der Waals surface area contributed by atoms with Gasteiger partial charge in [0.2, 0.25) is 0 Å². The largest absolute Gasteiger partial charge is 0.389 e. The zero-order valence-electron chi connectivity index (χ0n) is 15.3. The molecule has 2 heterocycles. The van der Waals surface area contributed by atoms with Crippen molar-refractivity contribution >= 4 is 17.2 Å². The smallest absolute Gasteiger partial charge is 0.282 e. The van der Waals surface area contributed by atoms with Gasteiger partial charge in [-0.2, -0.15) is 0 Å². The number of benzene rings is 2. The van der Waals surface area contributed by atoms with Gasteiger partial charge in [-0.15, -0.1) is 11.3 Å². The summed E-state index contributed by atoms with van der Waals surface area (Å²) in [5.41, 5.74) is 1.65. The number of rotatable bonds is 4. The summed E-state index contributed by atoms with van der Waals surface area (Å²) < 4.78 is 13.4. The molecule has 1 fully saturated rings. The minimum absolute atomic E-state index is 0.0972. The lowest BCUT2D eigenvalue weighted by Gasteiger charge is -2.38. The van der Waals surface area contributed by atoms with Crippen LogP contribution in [0.15, 0.2) is 60.0 Å². The first-order valence-electron chi connectivity index (χ1n) is 9.29. The van der Waals surface area contributed by atoms with E-state index in [0.717, 1.165) is 16.8 Å². The highest BCUT2D eigenvalue weighted by atomic mass is 32.1. The van der Waals surface area contributed by atoms with Crippen LogP contribution in [0.2, 0.25) is 0 Å². The highest BCUT2D eigenvalue weighted by molar-refractivity contribution is 7.12. The van der Waals surface area contributed by atoms with E-state index in [2.05, 4.69) is 4.98 Å². The first kappa shape index (κ1) is 18.8. The predicted octanol–water partition coefficient (Wildman–Crippen LogP) is 4.16. The molecule has 28 heavy (non-hydrogen) atoms. The number of likely N-dealkylation sites (tertiary alicyclic amines) is 1. The third-order valence-corrected chi connectivity index (χ3v) is 5.99. The third kappa shape index (κ3) is 4.13. The molecule has 6 heteroatoms. The standard InChI is InChI=1S/C22H21FN2O2S/c23-18-8-4-5-16(13-18)14-22(27)9-11-25(12-10-22)21(26)20-24-19(15-28-20)17-6-2-1-3-7-17/h1-8,13,15,27H,9-12,14H2. The van der Waals surface area contributed by atoms with E-state index in [0.29, 0.717) is 37.4 Å². The van der Waals surface area contributed by atoms with Crippen molar-refractivity contribution < 1.29 is 14.3 Å². The Hall–Kier alpha value is -2.57. The van der Waals surface area contributed by atoms with Crippen molar-refractivity contribution in [2.45, 2.75) is 24.9 Å². The highest BCUT2D eigenvalue weighted by Gasteiger charge is 2.35. The molecule has 1 aliphatic rings. The first-order chi connectivity index (χ1) is 13.5. The van der Waals surface area contributed by atoms with Gasteiger partial charge in [0.25, 0.3) is 5.91 Å². The van der Waals surface area contributed by atoms with E-state index in [1.807, 2.05) is 41.8 Å². The monoisotopic (exact) mass is 396 g/mol. The van der Waals surface area contributed by atoms with Crippen LogP contribution in [0, 0.1) is 5.82 Å². The van der Waals surface area contributed by atoms with Gasteiger partial charge in [0.15, 0.2) is 5.01 Å². The Kier molecular flexibility index (Phi) is 5.24. The number of thiazole rings is 1. The number of nitrogens with zero attached hydrogens (tertiary/aromatic N) is 2. The van der Waals surface area contributed by atoms with Crippen LogP contribution in [0.5, 0.6) is 0 Å². The molecule has 1 N–H and O–H groups in total. The second kappa shape index (κ2) is 7.81. The van der Waals surface area contributed by atoms with Crippen LogP contribution in [0.1, 0.15) is 28.2 Å². The average Bonchev–Trinajstić information content (AvgIpc) is 3.19. The van der Waals surface area contributed by atoms with Crippen LogP contribution in [0.4, 0.5) is 4.39 Å². The minimum Gasteiger partial charge on any atom is -0.389 e. The fourth-order valence-corrected chi connectivity index (χ4v) is 4.37. The van der Waals surface area contributed by atoms with Gasteiger partial charge in [0.05, 0.1) is 11.3 Å². The van der Waals surface area contributed by atoms with Gasteiger partial charge in [-0.05, 0) is 30.5 Å². The third-order valence-electron chi connectivity index (χ3n) is 5.16. The molecular formula is C22H21FN2O2S. The number of carbonyl (C=O) groups is 1. The van der Waals surface area contributed by atoms with Gasteiger partial charge in [-0.1, -0.05) is 42.5 Å². The van der Waals surface area contributed by atoms with E-state index >= 15 is 0 Å². The van der Waals surface area contributed by atoms with E-state index in [-0.39, 0.29) is 11.7 Å². The van der Waals surface area contributed by atoms with Gasteiger partial charge >= 0.3 is 0 Å². The molecule has 0 radical (unpaired) electrons. The first-order valence-corrected chi connectivity index (χ1v) is 10.2. The molecule has 3 aromatic rings. The van der Waals surface area contributed by atoms with E-state index < -0.39 is 5.60 Å². The number of halogens is 1. The SMILES string of the molecule is O=C(c1nc(-c2ccccc2)cs1)N1CCC(O)(Cc2cccc(F)c2)CC1. The van der Waals surface area contributed by atoms with Crippen molar-refractivity contribution in [2.24, 2.45) is 0 Å². The van der Waals surface area contributed by atoms with E-state index in [9.17, 15) is 14.3 Å². The summed E-state index contributed by atoms with van der Waals surface area (Å²) in [6.45, 7) is 0.926. The molecule has 0 aliphatic carbocycles. The quantitative estimate of drug-likeness (QED) is 0.721. The summed E-state index contributed by atoms with van der Waals surface area (Å²) in [5.74, 6) is -0.397. The summed E-state index contributed by atoms with van der Waals surface area (Å²) >= 11 is 1.34. The molecule has 4 rings (SSSR count). The van der Waals surface area contributed by atoms with Crippen molar-refractivity contribution in [1.82, 2.24) is 9.88 Å². The number of carbonyl (C=O) groups excluding carboxylic acids is 1. The maximum Gasteiger partial charge on any atom is 0.282 e. The minimum atomic E-state index is -0.914. The summed E-state index contributed by atoms with van der Waals surface area (Å²) in [4.78, 5) is 19.0. The lowest BCUT2D eigenvalue weighted by atomic mass is 9.85. The van der Waals surface area contributed by atoms with Crippen molar-refractivity contribution in [2.75, 3.05) is 13.1 Å². The molecule has 0 unspecified atom stereocenters. The number of hydrogen-bond acceptors (Lipinski definition) is 4. The summed E-state index contributed by atoms with van der Waals surface area (Å²) in [7, 11) is 0. The Bertz CT molecular complexity index is 965. The molecule has 1 amide bonds. The Morgan fingerprint density at radius 2 is 1.89 bits per heavy atom. The fraction of sp³-hybridized carbons (Fsp3) is 0.273. The van der Waals surface area contributed by atoms with Crippen LogP contribution in [0.25, 0.3) is 11.3 Å². The van der Waals surface area contributed by atoms with Crippen LogP contribution >= 0.6 is 11.3 Å². The van der Waals surface area contributed by atoms with Crippen molar-refractivity contribution in [3.8, 4) is 11.3 Å². The van der Waals surface area contributed by atoms with Crippen molar-refractivity contribution in [1.29, 1.82) is 0 Å². The second-order valence-electron chi connectivity index (χ2n) is 7.23. The number of hydrogen-bond donors (Lipinski definition) is 1. The molecule has 1 aliphatic heterocycles. The maximum atomic E-state index is 13.4. The maximum absolute atomic E-state index is 13.4. The number of aromatic nitrogens is 1. The van der Waals surface area contributed by atoms with Crippen LogP contribution < -0.4 is 0 Å². The topological polar surface area (TPSA) is 53.4 Å². The lowest BCUT2D eigenvalue weighted by Crippen LogP contribution is -2.47. The van der Waals surface area contributed by atoms with Gasteiger partial charge in [0, 0.05) is 30.5 Å². The van der Waals surface area contributed by atoms with Crippen LogP contribution in [0.3, 0.4) is 0 Å². The molecule has 0 bridgehead atoms. The molecular weight excluding hydrogens is 375 g/mol. The molecule has 1 aromatic heterocycles. The second-order valence-corrected chi connectivity index (χ2v) is 8.09. The van der Waals surface area contributed by atoms with Crippen LogP contribution in [-0.4, -0.2) is 39.6 Å². The molecule has 1 saturated heterocycles. The zero-order valence-corrected chi connectivity index (χ0v) is 16.2. The van der Waals surface area contributed by atoms with E-state index in [1.165, 1.54) is 23.5 Å². The number of aliphatic hydroxyl groups is 1. The summed E-state index contributed by atoms with van der Waals surface area (Å²) in [6.07, 6.45) is 1.32. The normalized spacial score (nSPS) is 16.1. The molecule has 0 saturated carbocycles.